The first-order chi connectivity index (χ1) is 15.4. The normalized spacial score (nSPS) is 25.5. The van der Waals surface area contributed by atoms with E-state index < -0.39 is 53.1 Å². The Morgan fingerprint density at radius 3 is 2.55 bits per heavy atom. The third kappa shape index (κ3) is 3.41. The van der Waals surface area contributed by atoms with Gasteiger partial charge >= 0.3 is 12.1 Å². The first-order valence-corrected chi connectivity index (χ1v) is 9.89. The number of alkyl halides is 3. The second-order valence-corrected chi connectivity index (χ2v) is 8.07. The Morgan fingerprint density at radius 1 is 1.24 bits per heavy atom. The first-order valence-electron chi connectivity index (χ1n) is 9.89. The molecule has 0 spiro atoms. The van der Waals surface area contributed by atoms with Crippen molar-refractivity contribution in [3.05, 3.63) is 58.9 Å². The summed E-state index contributed by atoms with van der Waals surface area (Å²) in [6.45, 7) is 2.17. The van der Waals surface area contributed by atoms with Crippen LogP contribution >= 0.6 is 0 Å². The van der Waals surface area contributed by atoms with Crippen molar-refractivity contribution in [1.82, 2.24) is 9.97 Å². The molecular weight excluding hydrogens is 451 g/mol. The molecule has 176 valence electrons. The fourth-order valence-corrected chi connectivity index (χ4v) is 4.41. The number of hydrogen-bond acceptors (Lipinski definition) is 4. The van der Waals surface area contributed by atoms with Gasteiger partial charge in [-0.1, -0.05) is 19.1 Å². The highest BCUT2D eigenvalue weighted by Crippen LogP contribution is 2.59. The van der Waals surface area contributed by atoms with E-state index in [1.165, 1.54) is 25.1 Å². The van der Waals surface area contributed by atoms with Crippen LogP contribution in [0.2, 0.25) is 0 Å². The van der Waals surface area contributed by atoms with E-state index in [4.69, 9.17) is 9.47 Å². The van der Waals surface area contributed by atoms with E-state index in [1.807, 2.05) is 0 Å². The fourth-order valence-electron chi connectivity index (χ4n) is 4.41. The van der Waals surface area contributed by atoms with E-state index >= 15 is 0 Å². The number of H-pyrrole nitrogens is 1. The highest BCUT2D eigenvalue weighted by atomic mass is 19.4. The predicted molar refractivity (Wildman–Crippen MR) is 106 cm³/mol. The van der Waals surface area contributed by atoms with Gasteiger partial charge in [0.1, 0.15) is 17.4 Å². The number of nitrogens with one attached hydrogen (secondary N) is 1. The number of carbonyl (C=O) groups is 1. The van der Waals surface area contributed by atoms with Crippen LogP contribution in [0, 0.1) is 17.6 Å². The van der Waals surface area contributed by atoms with Crippen molar-refractivity contribution < 1.29 is 41.3 Å². The first kappa shape index (κ1) is 23.0. The molecule has 33 heavy (non-hydrogen) atoms. The molecule has 1 aliphatic rings. The molecule has 2 N–H and O–H groups in total. The monoisotopic (exact) mass is 470 g/mol. The molecule has 0 aliphatic carbocycles. The summed E-state index contributed by atoms with van der Waals surface area (Å²) in [6.07, 6.45) is -6.19. The van der Waals surface area contributed by atoms with Crippen LogP contribution in [0.5, 0.6) is 5.75 Å². The van der Waals surface area contributed by atoms with Crippen LogP contribution in [-0.4, -0.2) is 39.9 Å². The van der Waals surface area contributed by atoms with Crippen LogP contribution in [0.15, 0.2) is 30.3 Å². The van der Waals surface area contributed by atoms with Gasteiger partial charge in [-0.2, -0.15) is 17.6 Å². The third-order valence-corrected chi connectivity index (χ3v) is 6.34. The van der Waals surface area contributed by atoms with E-state index in [9.17, 15) is 31.9 Å². The van der Waals surface area contributed by atoms with Crippen molar-refractivity contribution in [2.24, 2.45) is 5.92 Å². The standard InChI is InChI=1S/C22H19F5N2O4/c1-9-14(10-7-8-12(23)15(24)17(10)32-3)18(33-21(9,2)22(25,26)27)19-28-13-6-4-5-11(20(30)31)16(13)29-19/h4-9,14,18H,1-3H3,(H,28,29)(H,30,31)/t9-,14-,18-,21+/m0/s1. The SMILES string of the molecule is COc1c([C@H]2[C@@H](c3nc4c(C(=O)O)cccc4[nH]3)O[C@@](C)(C(F)(F)F)[C@H]2C)ccc(F)c1F. The largest absolute Gasteiger partial charge is 0.493 e. The highest BCUT2D eigenvalue weighted by molar-refractivity contribution is 6.00. The number of aromatic carboxylic acids is 1. The number of rotatable bonds is 4. The Labute approximate surface area is 184 Å². The summed E-state index contributed by atoms with van der Waals surface area (Å²) in [5, 5.41) is 9.42. The summed E-state index contributed by atoms with van der Waals surface area (Å²) in [6, 6.07) is 6.25. The number of ether oxygens (including phenoxy) is 2. The Kier molecular flexibility index (Phi) is 5.35. The van der Waals surface area contributed by atoms with E-state index in [2.05, 4.69) is 9.97 Å². The van der Waals surface area contributed by atoms with Crippen molar-refractivity contribution in [3.63, 3.8) is 0 Å². The lowest BCUT2D eigenvalue weighted by Gasteiger charge is -2.32. The molecule has 4 rings (SSSR count). The highest BCUT2D eigenvalue weighted by Gasteiger charge is 2.65. The lowest BCUT2D eigenvalue weighted by atomic mass is 9.77. The molecule has 0 radical (unpaired) electrons. The molecule has 3 aromatic rings. The summed E-state index contributed by atoms with van der Waals surface area (Å²) in [7, 11) is 1.08. The van der Waals surface area contributed by atoms with E-state index in [0.717, 1.165) is 26.2 Å². The van der Waals surface area contributed by atoms with Crippen molar-refractivity contribution in [3.8, 4) is 5.75 Å². The molecule has 0 amide bonds. The second-order valence-electron chi connectivity index (χ2n) is 8.07. The van der Waals surface area contributed by atoms with Gasteiger partial charge in [0, 0.05) is 17.4 Å². The van der Waals surface area contributed by atoms with Gasteiger partial charge in [0.25, 0.3) is 0 Å². The minimum Gasteiger partial charge on any atom is -0.493 e. The summed E-state index contributed by atoms with van der Waals surface area (Å²) in [4.78, 5) is 18.6. The van der Waals surface area contributed by atoms with Gasteiger partial charge < -0.3 is 19.6 Å². The molecule has 2 aromatic carbocycles. The number of aromatic nitrogens is 2. The number of para-hydroxylation sites is 1. The maximum absolute atomic E-state index is 14.5. The Hall–Kier alpha value is -3.21. The number of halogens is 5. The minimum atomic E-state index is -4.80. The smallest absolute Gasteiger partial charge is 0.417 e. The summed E-state index contributed by atoms with van der Waals surface area (Å²) in [5.74, 6) is -6.85. The quantitative estimate of drug-likeness (QED) is 0.502. The zero-order valence-corrected chi connectivity index (χ0v) is 17.6. The summed E-state index contributed by atoms with van der Waals surface area (Å²) >= 11 is 0. The van der Waals surface area contributed by atoms with Gasteiger partial charge in [-0.05, 0) is 25.1 Å². The van der Waals surface area contributed by atoms with Crippen molar-refractivity contribution in [2.45, 2.75) is 37.6 Å². The zero-order valence-electron chi connectivity index (χ0n) is 17.6. The van der Waals surface area contributed by atoms with Crippen LogP contribution in [0.4, 0.5) is 22.0 Å². The number of nitrogens with zero attached hydrogens (tertiary/aromatic N) is 1. The minimum absolute atomic E-state index is 0.0270. The molecular formula is C22H19F5N2O4. The van der Waals surface area contributed by atoms with Crippen molar-refractivity contribution in [1.29, 1.82) is 0 Å². The topological polar surface area (TPSA) is 84.4 Å². The molecule has 1 aliphatic heterocycles. The zero-order chi connectivity index (χ0) is 24.3. The number of imidazole rings is 1. The molecule has 0 bridgehead atoms. The summed E-state index contributed by atoms with van der Waals surface area (Å²) < 4.78 is 81.0. The second kappa shape index (κ2) is 7.68. The average Bonchev–Trinajstić information content (AvgIpc) is 3.29. The number of benzene rings is 2. The number of hydrogen-bond donors (Lipinski definition) is 2. The number of fused-ring (bicyclic) bond motifs is 1. The Bertz CT molecular complexity index is 1240. The number of methoxy groups -OCH3 is 1. The van der Waals surface area contributed by atoms with Crippen LogP contribution in [-0.2, 0) is 4.74 Å². The van der Waals surface area contributed by atoms with Crippen LogP contribution < -0.4 is 4.74 Å². The van der Waals surface area contributed by atoms with Crippen LogP contribution in [0.25, 0.3) is 11.0 Å². The lowest BCUT2D eigenvalue weighted by molar-refractivity contribution is -0.275. The van der Waals surface area contributed by atoms with E-state index in [0.29, 0.717) is 0 Å². The number of carboxylic acids is 1. The number of carboxylic acid groups (broad SMARTS) is 1. The average molecular weight is 470 g/mol. The molecule has 2 heterocycles. The Morgan fingerprint density at radius 2 is 1.94 bits per heavy atom. The third-order valence-electron chi connectivity index (χ3n) is 6.34. The molecule has 1 saturated heterocycles. The molecule has 1 fully saturated rings. The molecule has 11 heteroatoms. The maximum atomic E-state index is 14.5. The van der Waals surface area contributed by atoms with Crippen LogP contribution in [0.1, 0.15) is 47.6 Å². The lowest BCUT2D eigenvalue weighted by Crippen LogP contribution is -2.46. The molecule has 0 unspecified atom stereocenters. The van der Waals surface area contributed by atoms with Gasteiger partial charge in [-0.3, -0.25) is 0 Å². The maximum Gasteiger partial charge on any atom is 0.417 e. The molecule has 6 nitrogen and oxygen atoms in total. The molecule has 4 atom stereocenters. The van der Waals surface area contributed by atoms with E-state index in [1.54, 1.807) is 0 Å². The van der Waals surface area contributed by atoms with Gasteiger partial charge in [-0.25, -0.2) is 14.2 Å². The fraction of sp³-hybridized carbons (Fsp3) is 0.364. The van der Waals surface area contributed by atoms with E-state index in [-0.39, 0.29) is 28.0 Å². The molecule has 1 aromatic heterocycles. The van der Waals surface area contributed by atoms with Crippen molar-refractivity contribution in [2.75, 3.05) is 7.11 Å². The van der Waals surface area contributed by atoms with Crippen molar-refractivity contribution >= 4 is 17.0 Å². The van der Waals surface area contributed by atoms with Gasteiger partial charge in [0.2, 0.25) is 5.82 Å². The summed E-state index contributed by atoms with van der Waals surface area (Å²) in [5.41, 5.74) is -2.53. The predicted octanol–water partition coefficient (Wildman–Crippen LogP) is 5.36. The van der Waals surface area contributed by atoms with Gasteiger partial charge in [0.05, 0.1) is 18.2 Å². The van der Waals surface area contributed by atoms with Gasteiger partial charge in [-0.15, -0.1) is 0 Å². The Balaban J connectivity index is 1.94. The molecule has 0 saturated carbocycles. The van der Waals surface area contributed by atoms with Crippen LogP contribution in [0.3, 0.4) is 0 Å². The number of aromatic amines is 1. The van der Waals surface area contributed by atoms with Gasteiger partial charge in [0.15, 0.2) is 17.2 Å².